The molecule has 2 nitrogen and oxygen atoms in total. The Bertz CT molecular complexity index is 496. The lowest BCUT2D eigenvalue weighted by molar-refractivity contribution is -0.135. The number of hydrogen-bond acceptors (Lipinski definition) is 1. The SMILES string of the molecule is CC(C)N(C(=O)CCc1cccc(Cl)c1Cl)C1CCCC1. The highest BCUT2D eigenvalue weighted by Crippen LogP contribution is 2.28. The maximum Gasteiger partial charge on any atom is 0.223 e. The van der Waals surface area contributed by atoms with Gasteiger partial charge in [-0.3, -0.25) is 4.79 Å². The lowest BCUT2D eigenvalue weighted by Crippen LogP contribution is -2.43. The Morgan fingerprint density at radius 3 is 2.57 bits per heavy atom. The Hall–Kier alpha value is -0.730. The van der Waals surface area contributed by atoms with E-state index in [-0.39, 0.29) is 11.9 Å². The van der Waals surface area contributed by atoms with Gasteiger partial charge in [-0.15, -0.1) is 0 Å². The van der Waals surface area contributed by atoms with E-state index < -0.39 is 0 Å². The summed E-state index contributed by atoms with van der Waals surface area (Å²) >= 11 is 12.2. The molecule has 1 fully saturated rings. The lowest BCUT2D eigenvalue weighted by atomic mass is 10.1. The van der Waals surface area contributed by atoms with Crippen molar-refractivity contribution in [2.24, 2.45) is 0 Å². The molecular formula is C17H23Cl2NO. The van der Waals surface area contributed by atoms with Crippen LogP contribution in [-0.2, 0) is 11.2 Å². The summed E-state index contributed by atoms with van der Waals surface area (Å²) in [6, 6.07) is 6.28. The molecule has 0 spiro atoms. The number of benzene rings is 1. The molecule has 2 rings (SSSR count). The van der Waals surface area contributed by atoms with Gasteiger partial charge < -0.3 is 4.90 Å². The van der Waals surface area contributed by atoms with Crippen LogP contribution in [0.25, 0.3) is 0 Å². The van der Waals surface area contributed by atoms with Crippen LogP contribution in [0, 0.1) is 0 Å². The fourth-order valence-corrected chi connectivity index (χ4v) is 3.62. The van der Waals surface area contributed by atoms with E-state index >= 15 is 0 Å². The van der Waals surface area contributed by atoms with Crippen LogP contribution in [0.3, 0.4) is 0 Å². The third kappa shape index (κ3) is 4.14. The highest BCUT2D eigenvalue weighted by molar-refractivity contribution is 6.42. The molecule has 0 aliphatic heterocycles. The second-order valence-corrected chi connectivity index (χ2v) is 6.83. The second kappa shape index (κ2) is 7.51. The highest BCUT2D eigenvalue weighted by Gasteiger charge is 2.28. The number of rotatable bonds is 5. The molecule has 0 saturated heterocycles. The molecule has 0 heterocycles. The maximum absolute atomic E-state index is 12.6. The summed E-state index contributed by atoms with van der Waals surface area (Å²) < 4.78 is 0. The van der Waals surface area contributed by atoms with Gasteiger partial charge in [0, 0.05) is 18.5 Å². The van der Waals surface area contributed by atoms with E-state index in [9.17, 15) is 4.79 Å². The molecule has 0 radical (unpaired) electrons. The van der Waals surface area contributed by atoms with E-state index in [4.69, 9.17) is 23.2 Å². The molecule has 1 saturated carbocycles. The number of halogens is 2. The monoisotopic (exact) mass is 327 g/mol. The van der Waals surface area contributed by atoms with E-state index in [1.807, 2.05) is 12.1 Å². The number of nitrogens with zero attached hydrogens (tertiary/aromatic N) is 1. The summed E-state index contributed by atoms with van der Waals surface area (Å²) in [4.78, 5) is 14.7. The zero-order valence-corrected chi connectivity index (χ0v) is 14.3. The van der Waals surface area contributed by atoms with E-state index in [2.05, 4.69) is 18.7 Å². The Kier molecular flexibility index (Phi) is 5.95. The molecule has 0 unspecified atom stereocenters. The van der Waals surface area contributed by atoms with Crippen LogP contribution in [0.1, 0.15) is 51.5 Å². The lowest BCUT2D eigenvalue weighted by Gasteiger charge is -2.33. The number of hydrogen-bond donors (Lipinski definition) is 0. The van der Waals surface area contributed by atoms with Gasteiger partial charge in [0.2, 0.25) is 5.91 Å². The fraction of sp³-hybridized carbons (Fsp3) is 0.588. The van der Waals surface area contributed by atoms with Crippen molar-refractivity contribution in [1.29, 1.82) is 0 Å². The number of aryl methyl sites for hydroxylation is 1. The standard InChI is InChI=1S/C17H23Cl2NO/c1-12(2)20(14-7-3-4-8-14)16(21)11-10-13-6-5-9-15(18)17(13)19/h5-6,9,12,14H,3-4,7-8,10-11H2,1-2H3. The Morgan fingerprint density at radius 1 is 1.29 bits per heavy atom. The predicted octanol–water partition coefficient (Wildman–Crippen LogP) is 5.11. The molecule has 1 amide bonds. The molecule has 0 aromatic heterocycles. The summed E-state index contributed by atoms with van der Waals surface area (Å²) in [7, 11) is 0. The third-order valence-corrected chi connectivity index (χ3v) is 5.06. The predicted molar refractivity (Wildman–Crippen MR) is 89.0 cm³/mol. The van der Waals surface area contributed by atoms with Crippen molar-refractivity contribution >= 4 is 29.1 Å². The molecule has 0 N–H and O–H groups in total. The van der Waals surface area contributed by atoms with Crippen LogP contribution in [0.4, 0.5) is 0 Å². The minimum atomic E-state index is 0.230. The van der Waals surface area contributed by atoms with Gasteiger partial charge in [0.25, 0.3) is 0 Å². The van der Waals surface area contributed by atoms with Gasteiger partial charge in [0.1, 0.15) is 0 Å². The topological polar surface area (TPSA) is 20.3 Å². The molecular weight excluding hydrogens is 305 g/mol. The van der Waals surface area contributed by atoms with Crippen molar-refractivity contribution in [2.45, 2.75) is 64.5 Å². The van der Waals surface area contributed by atoms with Crippen LogP contribution < -0.4 is 0 Å². The molecule has 116 valence electrons. The van der Waals surface area contributed by atoms with Crippen LogP contribution in [-0.4, -0.2) is 22.9 Å². The molecule has 1 aliphatic rings. The fourth-order valence-electron chi connectivity index (χ4n) is 3.21. The van der Waals surface area contributed by atoms with Crippen molar-refractivity contribution in [3.05, 3.63) is 33.8 Å². The van der Waals surface area contributed by atoms with Crippen molar-refractivity contribution < 1.29 is 4.79 Å². The van der Waals surface area contributed by atoms with Gasteiger partial charge in [-0.1, -0.05) is 48.2 Å². The van der Waals surface area contributed by atoms with Crippen LogP contribution in [0.15, 0.2) is 18.2 Å². The second-order valence-electron chi connectivity index (χ2n) is 6.05. The molecule has 4 heteroatoms. The van der Waals surface area contributed by atoms with E-state index in [1.54, 1.807) is 6.07 Å². The van der Waals surface area contributed by atoms with Crippen LogP contribution in [0.2, 0.25) is 10.0 Å². The van der Waals surface area contributed by atoms with Crippen molar-refractivity contribution in [3.8, 4) is 0 Å². The molecule has 1 aromatic carbocycles. The summed E-state index contributed by atoms with van der Waals surface area (Å²) in [6.07, 6.45) is 5.90. The first-order chi connectivity index (χ1) is 10.0. The average Bonchev–Trinajstić information content (AvgIpc) is 2.94. The Balaban J connectivity index is 2.00. The van der Waals surface area contributed by atoms with Gasteiger partial charge in [-0.05, 0) is 44.7 Å². The minimum absolute atomic E-state index is 0.230. The zero-order chi connectivity index (χ0) is 15.4. The van der Waals surface area contributed by atoms with Crippen LogP contribution >= 0.6 is 23.2 Å². The number of carbonyl (C=O) groups is 1. The Labute approximate surface area is 137 Å². The summed E-state index contributed by atoms with van der Waals surface area (Å²) in [5.74, 6) is 0.230. The molecule has 0 atom stereocenters. The van der Waals surface area contributed by atoms with Gasteiger partial charge in [0.05, 0.1) is 10.0 Å². The maximum atomic E-state index is 12.6. The van der Waals surface area contributed by atoms with E-state index in [1.165, 1.54) is 12.8 Å². The smallest absolute Gasteiger partial charge is 0.223 e. The van der Waals surface area contributed by atoms with E-state index in [0.29, 0.717) is 28.9 Å². The van der Waals surface area contributed by atoms with Gasteiger partial charge >= 0.3 is 0 Å². The third-order valence-electron chi connectivity index (χ3n) is 4.20. The summed E-state index contributed by atoms with van der Waals surface area (Å²) in [5, 5.41) is 1.13. The summed E-state index contributed by atoms with van der Waals surface area (Å²) in [6.45, 7) is 4.20. The first-order valence-corrected chi connectivity index (χ1v) is 8.50. The quantitative estimate of drug-likeness (QED) is 0.736. The number of amides is 1. The largest absolute Gasteiger partial charge is 0.337 e. The minimum Gasteiger partial charge on any atom is -0.337 e. The average molecular weight is 328 g/mol. The van der Waals surface area contributed by atoms with Crippen molar-refractivity contribution in [3.63, 3.8) is 0 Å². The van der Waals surface area contributed by atoms with Gasteiger partial charge in [-0.25, -0.2) is 0 Å². The first kappa shape index (κ1) is 16.6. The molecule has 1 aliphatic carbocycles. The molecule has 0 bridgehead atoms. The normalized spacial score (nSPS) is 15.7. The Morgan fingerprint density at radius 2 is 1.95 bits per heavy atom. The number of carbonyl (C=O) groups excluding carboxylic acids is 1. The van der Waals surface area contributed by atoms with Gasteiger partial charge in [-0.2, -0.15) is 0 Å². The van der Waals surface area contributed by atoms with E-state index in [0.717, 1.165) is 18.4 Å². The molecule has 1 aromatic rings. The first-order valence-electron chi connectivity index (χ1n) is 7.74. The van der Waals surface area contributed by atoms with Crippen molar-refractivity contribution in [2.75, 3.05) is 0 Å². The van der Waals surface area contributed by atoms with Gasteiger partial charge in [0.15, 0.2) is 0 Å². The van der Waals surface area contributed by atoms with Crippen LogP contribution in [0.5, 0.6) is 0 Å². The van der Waals surface area contributed by atoms with Crippen molar-refractivity contribution in [1.82, 2.24) is 4.90 Å². The highest BCUT2D eigenvalue weighted by atomic mass is 35.5. The summed E-state index contributed by atoms with van der Waals surface area (Å²) in [5.41, 5.74) is 0.952. The molecule has 21 heavy (non-hydrogen) atoms. The zero-order valence-electron chi connectivity index (χ0n) is 12.7.